The zero-order chi connectivity index (χ0) is 15.4. The van der Waals surface area contributed by atoms with Crippen molar-refractivity contribution in [1.29, 1.82) is 0 Å². The van der Waals surface area contributed by atoms with Gasteiger partial charge in [0, 0.05) is 26.2 Å². The molecule has 0 spiro atoms. The Morgan fingerprint density at radius 2 is 2.05 bits per heavy atom. The Morgan fingerprint density at radius 1 is 1.38 bits per heavy atom. The highest BCUT2D eigenvalue weighted by Crippen LogP contribution is 2.20. The average molecular weight is 311 g/mol. The summed E-state index contributed by atoms with van der Waals surface area (Å²) in [7, 11) is 0. The van der Waals surface area contributed by atoms with E-state index >= 15 is 0 Å². The number of hydrogen-bond donors (Lipinski definition) is 1. The predicted octanol–water partition coefficient (Wildman–Crippen LogP) is 1.50. The van der Waals surface area contributed by atoms with E-state index in [4.69, 9.17) is 18.0 Å². The zero-order valence-corrected chi connectivity index (χ0v) is 13.4. The maximum absolute atomic E-state index is 14.1. The van der Waals surface area contributed by atoms with Gasteiger partial charge in [-0.1, -0.05) is 25.6 Å². The van der Waals surface area contributed by atoms with E-state index in [0.29, 0.717) is 16.5 Å². The molecule has 7 heteroatoms. The number of piperazine rings is 1. The number of anilines is 1. The third kappa shape index (κ3) is 3.65. The predicted molar refractivity (Wildman–Crippen MR) is 86.0 cm³/mol. The SMILES string of the molecule is CCCC(C(N)=S)N1CCN(c2ncnc(C)c2F)CC1. The van der Waals surface area contributed by atoms with Crippen LogP contribution in [0.15, 0.2) is 6.33 Å². The minimum atomic E-state index is -0.328. The summed E-state index contributed by atoms with van der Waals surface area (Å²) in [6.07, 6.45) is 3.42. The Morgan fingerprint density at radius 3 is 2.62 bits per heavy atom. The number of aromatic nitrogens is 2. The van der Waals surface area contributed by atoms with Gasteiger partial charge in [-0.05, 0) is 13.3 Å². The van der Waals surface area contributed by atoms with Crippen LogP contribution in [0.3, 0.4) is 0 Å². The third-order valence-electron chi connectivity index (χ3n) is 3.89. The molecule has 1 aliphatic rings. The van der Waals surface area contributed by atoms with Crippen LogP contribution in [-0.4, -0.2) is 52.1 Å². The first-order chi connectivity index (χ1) is 10.0. The van der Waals surface area contributed by atoms with Crippen LogP contribution >= 0.6 is 12.2 Å². The maximum atomic E-state index is 14.1. The molecule has 0 bridgehead atoms. The monoisotopic (exact) mass is 311 g/mol. The number of rotatable bonds is 5. The number of halogens is 1. The first-order valence-electron chi connectivity index (χ1n) is 7.30. The lowest BCUT2D eigenvalue weighted by Gasteiger charge is -2.39. The molecule has 0 saturated carbocycles. The van der Waals surface area contributed by atoms with Crippen molar-refractivity contribution in [3.63, 3.8) is 0 Å². The average Bonchev–Trinajstić information content (AvgIpc) is 2.48. The molecule has 0 aromatic carbocycles. The highest BCUT2D eigenvalue weighted by atomic mass is 32.1. The Balaban J connectivity index is 2.02. The zero-order valence-electron chi connectivity index (χ0n) is 12.5. The van der Waals surface area contributed by atoms with Gasteiger partial charge in [-0.2, -0.15) is 0 Å². The summed E-state index contributed by atoms with van der Waals surface area (Å²) in [5, 5.41) is 0. The van der Waals surface area contributed by atoms with Gasteiger partial charge in [0.05, 0.1) is 16.7 Å². The number of nitrogens with two attached hydrogens (primary N) is 1. The van der Waals surface area contributed by atoms with E-state index in [1.165, 1.54) is 6.33 Å². The largest absolute Gasteiger partial charge is 0.392 e. The van der Waals surface area contributed by atoms with Gasteiger partial charge >= 0.3 is 0 Å². The van der Waals surface area contributed by atoms with Crippen LogP contribution in [0, 0.1) is 12.7 Å². The standard InChI is InChI=1S/C14H22FN5S/c1-3-4-11(13(16)21)19-5-7-20(8-6-19)14-12(15)10(2)17-9-18-14/h9,11H,3-8H2,1-2H3,(H2,16,21). The molecule has 1 unspecified atom stereocenters. The van der Waals surface area contributed by atoms with E-state index in [1.54, 1.807) is 6.92 Å². The molecule has 0 aliphatic carbocycles. The van der Waals surface area contributed by atoms with Gasteiger partial charge in [0.2, 0.25) is 0 Å². The molecule has 21 heavy (non-hydrogen) atoms. The molecule has 1 aromatic heterocycles. The lowest BCUT2D eigenvalue weighted by atomic mass is 10.1. The lowest BCUT2D eigenvalue weighted by molar-refractivity contribution is 0.218. The van der Waals surface area contributed by atoms with Crippen molar-refractivity contribution in [2.45, 2.75) is 32.7 Å². The number of aryl methyl sites for hydroxylation is 1. The van der Waals surface area contributed by atoms with Gasteiger partial charge < -0.3 is 10.6 Å². The van der Waals surface area contributed by atoms with E-state index in [1.807, 2.05) is 4.90 Å². The highest BCUT2D eigenvalue weighted by Gasteiger charge is 2.27. The Bertz CT molecular complexity index is 502. The molecule has 116 valence electrons. The quantitative estimate of drug-likeness (QED) is 0.832. The van der Waals surface area contributed by atoms with Gasteiger partial charge in [-0.25, -0.2) is 14.4 Å². The Labute approximate surface area is 130 Å². The van der Waals surface area contributed by atoms with E-state index in [0.717, 1.165) is 39.0 Å². The number of thiocarbonyl (C=S) groups is 1. The van der Waals surface area contributed by atoms with Gasteiger partial charge in [-0.3, -0.25) is 4.90 Å². The fourth-order valence-corrected chi connectivity index (χ4v) is 2.96. The molecule has 2 N–H and O–H groups in total. The molecule has 1 fully saturated rings. The minimum Gasteiger partial charge on any atom is -0.392 e. The third-order valence-corrected chi connectivity index (χ3v) is 4.16. The first-order valence-corrected chi connectivity index (χ1v) is 7.70. The topological polar surface area (TPSA) is 58.3 Å². The second-order valence-electron chi connectivity index (χ2n) is 5.33. The van der Waals surface area contributed by atoms with E-state index in [9.17, 15) is 4.39 Å². The Kier molecular flexibility index (Phi) is 5.41. The lowest BCUT2D eigenvalue weighted by Crippen LogP contribution is -2.54. The Hall–Kier alpha value is -1.34. The summed E-state index contributed by atoms with van der Waals surface area (Å²) in [5.74, 6) is 0.0647. The molecule has 1 aliphatic heterocycles. The smallest absolute Gasteiger partial charge is 0.186 e. The van der Waals surface area contributed by atoms with E-state index in [-0.39, 0.29) is 11.9 Å². The van der Waals surface area contributed by atoms with Crippen molar-refractivity contribution in [3.8, 4) is 0 Å². The normalized spacial score (nSPS) is 17.8. The minimum absolute atomic E-state index is 0.143. The van der Waals surface area contributed by atoms with Crippen LogP contribution < -0.4 is 10.6 Å². The van der Waals surface area contributed by atoms with Crippen molar-refractivity contribution in [1.82, 2.24) is 14.9 Å². The summed E-state index contributed by atoms with van der Waals surface area (Å²) >= 11 is 5.17. The van der Waals surface area contributed by atoms with Gasteiger partial charge in [0.25, 0.3) is 0 Å². The van der Waals surface area contributed by atoms with Crippen LogP contribution in [0.25, 0.3) is 0 Å². The van der Waals surface area contributed by atoms with Crippen LogP contribution in [0.1, 0.15) is 25.5 Å². The fourth-order valence-electron chi connectivity index (χ4n) is 2.69. The molecule has 2 heterocycles. The van der Waals surface area contributed by atoms with Crippen molar-refractivity contribution in [3.05, 3.63) is 17.8 Å². The van der Waals surface area contributed by atoms with Gasteiger partial charge in [0.15, 0.2) is 11.6 Å². The molecule has 1 aromatic rings. The summed E-state index contributed by atoms with van der Waals surface area (Å²) in [4.78, 5) is 12.7. The van der Waals surface area contributed by atoms with E-state index in [2.05, 4.69) is 21.8 Å². The fraction of sp³-hybridized carbons (Fsp3) is 0.643. The molecule has 5 nitrogen and oxygen atoms in total. The van der Waals surface area contributed by atoms with E-state index < -0.39 is 0 Å². The van der Waals surface area contributed by atoms with Crippen molar-refractivity contribution >= 4 is 23.0 Å². The summed E-state index contributed by atoms with van der Waals surface area (Å²) in [5.41, 5.74) is 6.22. The van der Waals surface area contributed by atoms with Gasteiger partial charge in [-0.15, -0.1) is 0 Å². The second-order valence-corrected chi connectivity index (χ2v) is 5.80. The maximum Gasteiger partial charge on any atom is 0.186 e. The summed E-state index contributed by atoms with van der Waals surface area (Å²) < 4.78 is 14.1. The summed E-state index contributed by atoms with van der Waals surface area (Å²) in [6, 6.07) is 0.143. The molecule has 0 radical (unpaired) electrons. The molecule has 2 rings (SSSR count). The highest BCUT2D eigenvalue weighted by molar-refractivity contribution is 7.80. The van der Waals surface area contributed by atoms with Crippen LogP contribution in [0.2, 0.25) is 0 Å². The van der Waals surface area contributed by atoms with Crippen molar-refractivity contribution in [2.24, 2.45) is 5.73 Å². The molecular formula is C14H22FN5S. The molecule has 0 amide bonds. The van der Waals surface area contributed by atoms with Crippen molar-refractivity contribution < 1.29 is 4.39 Å². The van der Waals surface area contributed by atoms with Crippen LogP contribution in [0.5, 0.6) is 0 Å². The van der Waals surface area contributed by atoms with Gasteiger partial charge in [0.1, 0.15) is 6.33 Å². The summed E-state index contributed by atoms with van der Waals surface area (Å²) in [6.45, 7) is 6.84. The molecule has 1 atom stereocenters. The number of nitrogens with zero attached hydrogens (tertiary/aromatic N) is 4. The number of hydrogen-bond acceptors (Lipinski definition) is 5. The van der Waals surface area contributed by atoms with Crippen LogP contribution in [0.4, 0.5) is 10.2 Å². The van der Waals surface area contributed by atoms with Crippen molar-refractivity contribution in [2.75, 3.05) is 31.1 Å². The van der Waals surface area contributed by atoms with Crippen LogP contribution in [-0.2, 0) is 0 Å². The molecular weight excluding hydrogens is 289 g/mol. The molecule has 1 saturated heterocycles. The first kappa shape index (κ1) is 16.0. The second kappa shape index (κ2) is 7.09.